The number of hydrogen-bond donors (Lipinski definition) is 0. The van der Waals surface area contributed by atoms with E-state index in [4.69, 9.17) is 14.2 Å². The molecule has 0 saturated heterocycles. The molecule has 0 aromatic carbocycles. The van der Waals surface area contributed by atoms with Crippen LogP contribution in [-0.2, 0) is 33.4 Å². The molecule has 0 radical (unpaired) electrons. The number of ether oxygens (including phenoxy) is 3. The first-order chi connectivity index (χ1) is 20.1. The Morgan fingerprint density at radius 2 is 1.74 bits per heavy atom. The number of methoxy groups -OCH3 is 1. The van der Waals surface area contributed by atoms with Crippen LogP contribution >= 0.6 is 0 Å². The zero-order chi connectivity index (χ0) is 31.7. The van der Waals surface area contributed by atoms with Crippen LogP contribution in [0.5, 0.6) is 0 Å². The van der Waals surface area contributed by atoms with Crippen molar-refractivity contribution < 1.29 is 33.4 Å². The lowest BCUT2D eigenvalue weighted by atomic mass is 9.43. The first-order valence-electron chi connectivity index (χ1n) is 16.7. The second-order valence-corrected chi connectivity index (χ2v) is 15.6. The molecule has 0 aromatic heterocycles. The minimum Gasteiger partial charge on any atom is -0.462 e. The third kappa shape index (κ3) is 4.60. The third-order valence-corrected chi connectivity index (χ3v) is 14.0. The summed E-state index contributed by atoms with van der Waals surface area (Å²) < 4.78 is 17.6. The molecule has 0 bridgehead atoms. The van der Waals surface area contributed by atoms with E-state index in [2.05, 4.69) is 33.8 Å². The Hall–Kier alpha value is -2.02. The minimum atomic E-state index is -0.944. The predicted octanol–water partition coefficient (Wildman–Crippen LogP) is 6.37. The van der Waals surface area contributed by atoms with Crippen LogP contribution in [0.3, 0.4) is 0 Å². The Morgan fingerprint density at radius 1 is 1.05 bits per heavy atom. The Kier molecular flexibility index (Phi) is 8.36. The average Bonchev–Trinajstić information content (AvgIpc) is 3.55. The summed E-state index contributed by atoms with van der Waals surface area (Å²) in [7, 11) is 1.60. The smallest absolute Gasteiger partial charge is 0.303 e. The standard InChI is InChI=1S/C36H54O7/c1-10-20(2)25(18-41-9)31(40)32(43-24(6)38)22(4)30-28(42-23(5)37)17-34(8)29-12-11-26-21(3)27(39)13-14-35(26)19-36(29,35)16-15-33(30,34)7/h13-14,20-22,25-26,28-30,32H,10-12,15-19H2,1-9H3/t20-,21-,22-,25?,26-,28-,29-,30-,32+,33+,34-,35+,36-/m0/s1. The van der Waals surface area contributed by atoms with E-state index in [1.54, 1.807) is 7.11 Å². The lowest BCUT2D eigenvalue weighted by Crippen LogP contribution is -2.56. The van der Waals surface area contributed by atoms with E-state index in [9.17, 15) is 19.2 Å². The Balaban J connectivity index is 1.54. The van der Waals surface area contributed by atoms with Gasteiger partial charge in [-0.15, -0.1) is 0 Å². The largest absolute Gasteiger partial charge is 0.462 e. The molecule has 13 atom stereocenters. The highest BCUT2D eigenvalue weighted by Crippen LogP contribution is 2.87. The lowest BCUT2D eigenvalue weighted by Gasteiger charge is -2.61. The Morgan fingerprint density at radius 3 is 2.35 bits per heavy atom. The van der Waals surface area contributed by atoms with Crippen molar-refractivity contribution in [2.24, 2.45) is 63.1 Å². The van der Waals surface area contributed by atoms with Gasteiger partial charge >= 0.3 is 11.9 Å². The van der Waals surface area contributed by atoms with Gasteiger partial charge in [-0.05, 0) is 84.0 Å². The molecule has 43 heavy (non-hydrogen) atoms. The summed E-state index contributed by atoms with van der Waals surface area (Å²) >= 11 is 0. The third-order valence-electron chi connectivity index (χ3n) is 14.0. The van der Waals surface area contributed by atoms with Gasteiger partial charge in [-0.3, -0.25) is 19.2 Å². The van der Waals surface area contributed by atoms with Crippen molar-refractivity contribution in [1.82, 2.24) is 0 Å². The van der Waals surface area contributed by atoms with Gasteiger partial charge in [0, 0.05) is 44.6 Å². The highest BCUT2D eigenvalue weighted by Gasteiger charge is 2.81. The molecule has 5 rings (SSSR count). The maximum absolute atomic E-state index is 14.2. The molecule has 7 nitrogen and oxygen atoms in total. The number of rotatable bonds is 10. The molecule has 4 fully saturated rings. The molecule has 240 valence electrons. The lowest BCUT2D eigenvalue weighted by molar-refractivity contribution is -0.170. The maximum atomic E-state index is 14.2. The molecule has 7 heteroatoms. The van der Waals surface area contributed by atoms with E-state index in [1.165, 1.54) is 13.8 Å². The van der Waals surface area contributed by atoms with Crippen LogP contribution in [0, 0.1) is 63.1 Å². The summed E-state index contributed by atoms with van der Waals surface area (Å²) in [5, 5.41) is 0. The summed E-state index contributed by atoms with van der Waals surface area (Å²) in [4.78, 5) is 51.9. The van der Waals surface area contributed by atoms with E-state index in [0.717, 1.165) is 44.9 Å². The first kappa shape index (κ1) is 32.4. The number of esters is 2. The van der Waals surface area contributed by atoms with E-state index >= 15 is 0 Å². The van der Waals surface area contributed by atoms with Crippen molar-refractivity contribution in [3.63, 3.8) is 0 Å². The molecule has 0 aromatic rings. The number of carbonyl (C=O) groups is 4. The molecule has 0 aliphatic heterocycles. The molecule has 0 N–H and O–H groups in total. The van der Waals surface area contributed by atoms with Gasteiger partial charge < -0.3 is 14.2 Å². The van der Waals surface area contributed by atoms with E-state index in [0.29, 0.717) is 11.8 Å². The molecule has 1 unspecified atom stereocenters. The molecule has 4 saturated carbocycles. The van der Waals surface area contributed by atoms with Crippen LogP contribution in [0.1, 0.15) is 100 Å². The summed E-state index contributed by atoms with van der Waals surface area (Å²) in [5.41, 5.74) is -0.109. The van der Waals surface area contributed by atoms with Crippen molar-refractivity contribution >= 4 is 23.5 Å². The van der Waals surface area contributed by atoms with Crippen LogP contribution in [0.25, 0.3) is 0 Å². The van der Waals surface area contributed by atoms with Crippen molar-refractivity contribution in [3.05, 3.63) is 12.2 Å². The quantitative estimate of drug-likeness (QED) is 0.270. The van der Waals surface area contributed by atoms with E-state index in [1.807, 2.05) is 19.9 Å². The van der Waals surface area contributed by atoms with Crippen LogP contribution in [0.2, 0.25) is 0 Å². The van der Waals surface area contributed by atoms with Crippen LogP contribution < -0.4 is 0 Å². The summed E-state index contributed by atoms with van der Waals surface area (Å²) in [6.07, 6.45) is 9.61. The zero-order valence-electron chi connectivity index (χ0n) is 27.9. The van der Waals surface area contributed by atoms with Crippen LogP contribution in [0.4, 0.5) is 0 Å². The summed E-state index contributed by atoms with van der Waals surface area (Å²) in [5.74, 6) is -0.554. The topological polar surface area (TPSA) is 96.0 Å². The van der Waals surface area contributed by atoms with Gasteiger partial charge in [0.25, 0.3) is 0 Å². The van der Waals surface area contributed by atoms with Crippen molar-refractivity contribution in [1.29, 1.82) is 0 Å². The first-order valence-corrected chi connectivity index (χ1v) is 16.7. The van der Waals surface area contributed by atoms with Gasteiger partial charge in [-0.25, -0.2) is 0 Å². The fourth-order valence-corrected chi connectivity index (χ4v) is 11.6. The Labute approximate surface area is 258 Å². The van der Waals surface area contributed by atoms with Gasteiger partial charge in [-0.2, -0.15) is 0 Å². The van der Waals surface area contributed by atoms with Gasteiger partial charge in [0.1, 0.15) is 6.10 Å². The van der Waals surface area contributed by atoms with Gasteiger partial charge in [-0.1, -0.05) is 54.0 Å². The predicted molar refractivity (Wildman–Crippen MR) is 163 cm³/mol. The highest BCUT2D eigenvalue weighted by molar-refractivity contribution is 5.93. The van der Waals surface area contributed by atoms with Gasteiger partial charge in [0.2, 0.25) is 0 Å². The van der Waals surface area contributed by atoms with Crippen molar-refractivity contribution in [2.45, 2.75) is 113 Å². The van der Waals surface area contributed by atoms with Gasteiger partial charge in [0.15, 0.2) is 17.7 Å². The van der Waals surface area contributed by atoms with E-state index in [-0.39, 0.29) is 75.6 Å². The van der Waals surface area contributed by atoms with E-state index < -0.39 is 18.0 Å². The normalized spacial score (nSPS) is 43.7. The average molecular weight is 599 g/mol. The molecule has 2 spiro atoms. The van der Waals surface area contributed by atoms with Gasteiger partial charge in [0.05, 0.1) is 6.61 Å². The summed E-state index contributed by atoms with van der Waals surface area (Å²) in [6.45, 7) is 16.1. The Bertz CT molecular complexity index is 1190. The number of Topliss-reactive ketones (excluding diaryl/α,β-unsaturated/α-hetero) is 1. The molecule has 5 aliphatic rings. The number of fused-ring (bicyclic) bond motifs is 2. The molecule has 5 aliphatic carbocycles. The molecule has 0 amide bonds. The number of ketones is 2. The SMILES string of the molecule is CC[C@H](C)C(COC)C(=O)[C@H](OC(C)=O)[C@@H](C)[C@H]1[C@@H](OC(C)=O)C[C@@]2(C)[C@@H]3CC[C@H]4[C@H](C)C(=O)C=C[C@@]45C[C@@]35CC[C@]12C. The minimum absolute atomic E-state index is 0.0673. The van der Waals surface area contributed by atoms with Crippen molar-refractivity contribution in [3.8, 4) is 0 Å². The van der Waals surface area contributed by atoms with Crippen LogP contribution in [-0.4, -0.2) is 49.4 Å². The highest BCUT2D eigenvalue weighted by atomic mass is 16.6. The van der Waals surface area contributed by atoms with Crippen LogP contribution in [0.15, 0.2) is 12.2 Å². The molecular weight excluding hydrogens is 544 g/mol. The number of carbonyl (C=O) groups excluding carboxylic acids is 4. The monoisotopic (exact) mass is 598 g/mol. The molecule has 0 heterocycles. The summed E-state index contributed by atoms with van der Waals surface area (Å²) in [6, 6.07) is 0. The second-order valence-electron chi connectivity index (χ2n) is 15.6. The zero-order valence-corrected chi connectivity index (χ0v) is 27.9. The number of hydrogen-bond acceptors (Lipinski definition) is 7. The van der Waals surface area contributed by atoms with Crippen molar-refractivity contribution in [2.75, 3.05) is 13.7 Å². The molecular formula is C36H54O7. The number of allylic oxidation sites excluding steroid dienone is 2. The fraction of sp³-hybridized carbons (Fsp3) is 0.833. The fourth-order valence-electron chi connectivity index (χ4n) is 11.6. The maximum Gasteiger partial charge on any atom is 0.303 e. The second kappa shape index (κ2) is 11.1.